The highest BCUT2D eigenvalue weighted by molar-refractivity contribution is 5.71. The molecule has 0 aromatic heterocycles. The molecule has 360 valence electrons. The van der Waals surface area contributed by atoms with Gasteiger partial charge in [0.25, 0.3) is 0 Å². The van der Waals surface area contributed by atoms with Crippen molar-refractivity contribution < 1.29 is 28.6 Å². The molecular formula is C56H100O6. The van der Waals surface area contributed by atoms with Gasteiger partial charge in [0.1, 0.15) is 13.2 Å². The van der Waals surface area contributed by atoms with Crippen molar-refractivity contribution in [2.75, 3.05) is 13.2 Å². The highest BCUT2D eigenvalue weighted by Crippen LogP contribution is 2.14. The molecule has 6 nitrogen and oxygen atoms in total. The van der Waals surface area contributed by atoms with Gasteiger partial charge >= 0.3 is 17.9 Å². The Balaban J connectivity index is 4.33. The molecule has 0 radical (unpaired) electrons. The fourth-order valence-electron chi connectivity index (χ4n) is 7.47. The van der Waals surface area contributed by atoms with Gasteiger partial charge < -0.3 is 14.2 Å². The second-order valence-corrected chi connectivity index (χ2v) is 17.8. The Bertz CT molecular complexity index is 1090. The lowest BCUT2D eigenvalue weighted by Gasteiger charge is -2.18. The Morgan fingerprint density at radius 1 is 0.323 bits per heavy atom. The minimum atomic E-state index is -0.789. The predicted molar refractivity (Wildman–Crippen MR) is 265 cm³/mol. The number of rotatable bonds is 48. The maximum Gasteiger partial charge on any atom is 0.306 e. The van der Waals surface area contributed by atoms with Crippen molar-refractivity contribution in [2.24, 2.45) is 0 Å². The molecule has 0 spiro atoms. The summed E-state index contributed by atoms with van der Waals surface area (Å²) in [6.45, 7) is 6.56. The number of allylic oxidation sites excluding steroid dienone is 8. The van der Waals surface area contributed by atoms with E-state index >= 15 is 0 Å². The number of carbonyl (C=O) groups is 3. The van der Waals surface area contributed by atoms with E-state index in [9.17, 15) is 14.4 Å². The smallest absolute Gasteiger partial charge is 0.306 e. The van der Waals surface area contributed by atoms with Gasteiger partial charge in [-0.3, -0.25) is 14.4 Å². The molecular weight excluding hydrogens is 769 g/mol. The molecule has 1 atom stereocenters. The monoisotopic (exact) mass is 869 g/mol. The number of hydrogen-bond acceptors (Lipinski definition) is 6. The Kier molecular flexibility index (Phi) is 48.8. The Morgan fingerprint density at radius 2 is 0.597 bits per heavy atom. The summed E-state index contributed by atoms with van der Waals surface area (Å²) in [7, 11) is 0. The van der Waals surface area contributed by atoms with Crippen molar-refractivity contribution >= 4 is 17.9 Å². The first-order valence-electron chi connectivity index (χ1n) is 26.6. The SMILES string of the molecule is CCCCC/C=C\C/C=C\CCCCCCCCCC(=O)OC(COC(=O)CCC/C=C\CCCCCC)COC(=O)CCCCCCC/C=C\CCCCCCCCCCC. The molecule has 6 heteroatoms. The zero-order chi connectivity index (χ0) is 45.1. The summed E-state index contributed by atoms with van der Waals surface area (Å²) in [5.74, 6) is -0.934. The highest BCUT2D eigenvalue weighted by Gasteiger charge is 2.19. The summed E-state index contributed by atoms with van der Waals surface area (Å²) in [4.78, 5) is 37.9. The zero-order valence-electron chi connectivity index (χ0n) is 41.1. The summed E-state index contributed by atoms with van der Waals surface area (Å²) in [6.07, 6.45) is 61.1. The third-order valence-corrected chi connectivity index (χ3v) is 11.5. The summed E-state index contributed by atoms with van der Waals surface area (Å²) in [6, 6.07) is 0. The topological polar surface area (TPSA) is 78.9 Å². The van der Waals surface area contributed by atoms with E-state index in [2.05, 4.69) is 69.4 Å². The van der Waals surface area contributed by atoms with E-state index in [0.29, 0.717) is 25.7 Å². The lowest BCUT2D eigenvalue weighted by Crippen LogP contribution is -2.30. The van der Waals surface area contributed by atoms with E-state index in [1.165, 1.54) is 154 Å². The van der Waals surface area contributed by atoms with Crippen LogP contribution in [-0.2, 0) is 28.6 Å². The molecule has 0 aromatic rings. The van der Waals surface area contributed by atoms with Crippen LogP contribution < -0.4 is 0 Å². The number of hydrogen-bond donors (Lipinski definition) is 0. The van der Waals surface area contributed by atoms with Crippen molar-refractivity contribution in [3.63, 3.8) is 0 Å². The van der Waals surface area contributed by atoms with Crippen LogP contribution in [0.15, 0.2) is 48.6 Å². The summed E-state index contributed by atoms with van der Waals surface area (Å²) in [5, 5.41) is 0. The van der Waals surface area contributed by atoms with E-state index in [-0.39, 0.29) is 31.1 Å². The van der Waals surface area contributed by atoms with Crippen LogP contribution in [-0.4, -0.2) is 37.2 Å². The van der Waals surface area contributed by atoms with E-state index in [1.54, 1.807) is 0 Å². The van der Waals surface area contributed by atoms with Crippen molar-refractivity contribution in [3.8, 4) is 0 Å². The van der Waals surface area contributed by atoms with Gasteiger partial charge in [0.15, 0.2) is 6.10 Å². The van der Waals surface area contributed by atoms with Gasteiger partial charge in [-0.1, -0.05) is 204 Å². The van der Waals surface area contributed by atoms with Crippen LogP contribution in [0, 0.1) is 0 Å². The van der Waals surface area contributed by atoms with Gasteiger partial charge in [0.2, 0.25) is 0 Å². The first-order chi connectivity index (χ1) is 30.5. The lowest BCUT2D eigenvalue weighted by molar-refractivity contribution is -0.167. The molecule has 0 aliphatic carbocycles. The van der Waals surface area contributed by atoms with E-state index in [1.807, 2.05) is 0 Å². The quantitative estimate of drug-likeness (QED) is 0.0262. The normalized spacial score (nSPS) is 12.4. The lowest BCUT2D eigenvalue weighted by atomic mass is 10.1. The van der Waals surface area contributed by atoms with Gasteiger partial charge in [-0.2, -0.15) is 0 Å². The molecule has 62 heavy (non-hydrogen) atoms. The van der Waals surface area contributed by atoms with Gasteiger partial charge in [-0.15, -0.1) is 0 Å². The Labute approximate surface area is 384 Å². The molecule has 0 heterocycles. The molecule has 0 bridgehead atoms. The number of ether oxygens (including phenoxy) is 3. The van der Waals surface area contributed by atoms with Crippen LogP contribution >= 0.6 is 0 Å². The fourth-order valence-corrected chi connectivity index (χ4v) is 7.47. The van der Waals surface area contributed by atoms with Crippen molar-refractivity contribution in [3.05, 3.63) is 48.6 Å². The number of esters is 3. The van der Waals surface area contributed by atoms with E-state index < -0.39 is 6.10 Å². The van der Waals surface area contributed by atoms with Crippen molar-refractivity contribution in [1.29, 1.82) is 0 Å². The first kappa shape index (κ1) is 59.4. The molecule has 0 fully saturated rings. The van der Waals surface area contributed by atoms with Gasteiger partial charge in [0.05, 0.1) is 0 Å². The predicted octanol–water partition coefficient (Wildman–Crippen LogP) is 17.5. The van der Waals surface area contributed by atoms with Crippen LogP contribution in [0.1, 0.15) is 271 Å². The number of carbonyl (C=O) groups excluding carboxylic acids is 3. The third-order valence-electron chi connectivity index (χ3n) is 11.5. The third kappa shape index (κ3) is 48.4. The van der Waals surface area contributed by atoms with Crippen molar-refractivity contribution in [1.82, 2.24) is 0 Å². The maximum absolute atomic E-state index is 12.8. The zero-order valence-corrected chi connectivity index (χ0v) is 41.1. The highest BCUT2D eigenvalue weighted by atomic mass is 16.6. The molecule has 0 aliphatic heterocycles. The summed E-state index contributed by atoms with van der Waals surface area (Å²) in [5.41, 5.74) is 0. The van der Waals surface area contributed by atoms with Gasteiger partial charge in [-0.05, 0) is 96.3 Å². The second kappa shape index (κ2) is 51.0. The largest absolute Gasteiger partial charge is 0.462 e. The van der Waals surface area contributed by atoms with Gasteiger partial charge in [0, 0.05) is 19.3 Å². The van der Waals surface area contributed by atoms with Crippen LogP contribution in [0.2, 0.25) is 0 Å². The molecule has 0 aromatic carbocycles. The molecule has 0 amide bonds. The van der Waals surface area contributed by atoms with Crippen molar-refractivity contribution in [2.45, 2.75) is 277 Å². The molecule has 0 N–H and O–H groups in total. The van der Waals surface area contributed by atoms with E-state index in [4.69, 9.17) is 14.2 Å². The van der Waals surface area contributed by atoms with E-state index in [0.717, 1.165) is 70.6 Å². The van der Waals surface area contributed by atoms with Crippen LogP contribution in [0.3, 0.4) is 0 Å². The average Bonchev–Trinajstić information content (AvgIpc) is 3.27. The summed E-state index contributed by atoms with van der Waals surface area (Å²) < 4.78 is 16.7. The minimum Gasteiger partial charge on any atom is -0.462 e. The minimum absolute atomic E-state index is 0.0884. The molecule has 0 saturated heterocycles. The number of unbranched alkanes of at least 4 members (excludes halogenated alkanes) is 29. The van der Waals surface area contributed by atoms with Crippen LogP contribution in [0.4, 0.5) is 0 Å². The Hall–Kier alpha value is -2.63. The molecule has 1 unspecified atom stereocenters. The molecule has 0 saturated carbocycles. The van der Waals surface area contributed by atoms with Crippen LogP contribution in [0.25, 0.3) is 0 Å². The average molecular weight is 869 g/mol. The Morgan fingerprint density at radius 3 is 1.02 bits per heavy atom. The van der Waals surface area contributed by atoms with Crippen LogP contribution in [0.5, 0.6) is 0 Å². The first-order valence-corrected chi connectivity index (χ1v) is 26.6. The standard InChI is InChI=1S/C56H100O6/c1-4-7-10-13-16-19-21-23-25-27-29-30-32-34-37-40-43-46-49-55(58)61-52-53(51-60-54(57)48-45-42-39-36-18-15-12-9-6-3)62-56(59)50-47-44-41-38-35-33-31-28-26-24-22-20-17-14-11-8-5-2/h17,20,24,26,29-30,36,39,53H,4-16,18-19,21-23,25,27-28,31-35,37-38,40-52H2,1-3H3/b20-17-,26-24-,30-29-,39-36-. The summed E-state index contributed by atoms with van der Waals surface area (Å²) >= 11 is 0. The maximum atomic E-state index is 12.8. The second-order valence-electron chi connectivity index (χ2n) is 17.8. The molecule has 0 aliphatic rings. The molecule has 0 rings (SSSR count). The fraction of sp³-hybridized carbons (Fsp3) is 0.804. The van der Waals surface area contributed by atoms with Gasteiger partial charge in [-0.25, -0.2) is 0 Å².